The molecular formula is C19H20FNO2. The highest BCUT2D eigenvalue weighted by Crippen LogP contribution is 2.33. The van der Waals surface area contributed by atoms with Crippen LogP contribution in [0, 0.1) is 5.82 Å². The number of nitrogens with zero attached hydrogens (tertiary/aromatic N) is 1. The Hall–Kier alpha value is -2.33. The second-order valence-corrected chi connectivity index (χ2v) is 5.71. The van der Waals surface area contributed by atoms with E-state index < -0.39 is 0 Å². The van der Waals surface area contributed by atoms with Crippen LogP contribution >= 0.6 is 0 Å². The van der Waals surface area contributed by atoms with E-state index in [4.69, 9.17) is 9.84 Å². The van der Waals surface area contributed by atoms with Gasteiger partial charge in [-0.05, 0) is 41.0 Å². The third-order valence-electron chi connectivity index (χ3n) is 3.84. The molecule has 0 fully saturated rings. The maximum Gasteiger partial charge on any atom is 0.123 e. The Kier molecular flexibility index (Phi) is 4.63. The number of fused-ring (bicyclic) bond motifs is 1. The van der Waals surface area contributed by atoms with Gasteiger partial charge in [0, 0.05) is 38.4 Å². The van der Waals surface area contributed by atoms with Gasteiger partial charge in [-0.2, -0.15) is 0 Å². The van der Waals surface area contributed by atoms with Crippen molar-refractivity contribution >= 4 is 5.57 Å². The fraction of sp³-hybridized carbons (Fsp3) is 0.263. The maximum atomic E-state index is 13.6. The highest BCUT2D eigenvalue weighted by Gasteiger charge is 2.17. The van der Waals surface area contributed by atoms with Crippen LogP contribution < -0.4 is 4.74 Å². The fourth-order valence-corrected chi connectivity index (χ4v) is 2.80. The number of rotatable bonds is 5. The molecule has 0 spiro atoms. The lowest BCUT2D eigenvalue weighted by Gasteiger charge is -2.26. The van der Waals surface area contributed by atoms with Gasteiger partial charge in [0.2, 0.25) is 0 Å². The molecule has 0 saturated carbocycles. The summed E-state index contributed by atoms with van der Waals surface area (Å²) in [5.41, 5.74) is 4.13. The molecule has 1 aliphatic heterocycles. The van der Waals surface area contributed by atoms with Gasteiger partial charge in [0.1, 0.15) is 11.6 Å². The van der Waals surface area contributed by atoms with Gasteiger partial charge in [0.25, 0.3) is 0 Å². The Balaban J connectivity index is 1.93. The Morgan fingerprint density at radius 3 is 2.87 bits per heavy atom. The third-order valence-corrected chi connectivity index (χ3v) is 3.84. The third kappa shape index (κ3) is 3.54. The van der Waals surface area contributed by atoms with Crippen molar-refractivity contribution in [1.82, 2.24) is 4.90 Å². The van der Waals surface area contributed by atoms with Gasteiger partial charge in [-0.25, -0.2) is 4.39 Å². The molecule has 120 valence electrons. The van der Waals surface area contributed by atoms with E-state index in [0.29, 0.717) is 13.0 Å². The minimum atomic E-state index is -0.234. The van der Waals surface area contributed by atoms with Gasteiger partial charge < -0.3 is 14.7 Å². The standard InChI is InChI=1S/C19H20FNO2/c1-21-12-15-11-17(23-9-3-8-22)6-7-18(15)19(13-21)14-4-2-5-16(20)10-14/h2,4-7,10-11,13,22H,3,8-9,12H2,1H3. The van der Waals surface area contributed by atoms with E-state index in [-0.39, 0.29) is 12.4 Å². The molecule has 2 aromatic carbocycles. The summed E-state index contributed by atoms with van der Waals surface area (Å²) in [4.78, 5) is 2.08. The van der Waals surface area contributed by atoms with E-state index >= 15 is 0 Å². The number of hydrogen-bond donors (Lipinski definition) is 1. The van der Waals surface area contributed by atoms with Crippen LogP contribution in [0.25, 0.3) is 5.57 Å². The molecule has 4 heteroatoms. The van der Waals surface area contributed by atoms with Crippen LogP contribution in [0.4, 0.5) is 4.39 Å². The molecule has 2 aromatic rings. The van der Waals surface area contributed by atoms with Crippen LogP contribution in [0.1, 0.15) is 23.1 Å². The number of aliphatic hydroxyl groups is 1. The minimum Gasteiger partial charge on any atom is -0.493 e. The molecule has 3 nitrogen and oxygen atoms in total. The van der Waals surface area contributed by atoms with Crippen molar-refractivity contribution in [2.75, 3.05) is 20.3 Å². The first-order valence-corrected chi connectivity index (χ1v) is 7.72. The normalized spacial score (nSPS) is 13.5. The van der Waals surface area contributed by atoms with Crippen LogP contribution in [-0.4, -0.2) is 30.3 Å². The van der Waals surface area contributed by atoms with Crippen LogP contribution in [0.5, 0.6) is 5.75 Å². The molecule has 0 radical (unpaired) electrons. The molecule has 1 heterocycles. The monoisotopic (exact) mass is 313 g/mol. The maximum absolute atomic E-state index is 13.6. The zero-order valence-electron chi connectivity index (χ0n) is 13.1. The average molecular weight is 313 g/mol. The fourth-order valence-electron chi connectivity index (χ4n) is 2.80. The second kappa shape index (κ2) is 6.84. The summed E-state index contributed by atoms with van der Waals surface area (Å²) in [6.07, 6.45) is 2.66. The second-order valence-electron chi connectivity index (χ2n) is 5.71. The molecule has 0 atom stereocenters. The SMILES string of the molecule is CN1C=C(c2cccc(F)c2)c2ccc(OCCCO)cc2C1. The van der Waals surface area contributed by atoms with Gasteiger partial charge in [-0.15, -0.1) is 0 Å². The van der Waals surface area contributed by atoms with Crippen molar-refractivity contribution in [3.8, 4) is 5.75 Å². The molecule has 1 aliphatic rings. The molecule has 0 unspecified atom stereocenters. The molecular weight excluding hydrogens is 293 g/mol. The van der Waals surface area contributed by atoms with Crippen molar-refractivity contribution in [2.45, 2.75) is 13.0 Å². The molecule has 1 N–H and O–H groups in total. The minimum absolute atomic E-state index is 0.125. The zero-order valence-corrected chi connectivity index (χ0v) is 13.1. The van der Waals surface area contributed by atoms with Crippen molar-refractivity contribution in [2.24, 2.45) is 0 Å². The predicted octanol–water partition coefficient (Wildman–Crippen LogP) is 3.42. The van der Waals surface area contributed by atoms with E-state index in [1.54, 1.807) is 12.1 Å². The molecule has 0 amide bonds. The highest BCUT2D eigenvalue weighted by atomic mass is 19.1. The van der Waals surface area contributed by atoms with E-state index in [1.165, 1.54) is 6.07 Å². The Bertz CT molecular complexity index is 727. The van der Waals surface area contributed by atoms with Gasteiger partial charge in [-0.3, -0.25) is 0 Å². The molecule has 0 aromatic heterocycles. The zero-order chi connectivity index (χ0) is 16.2. The number of aliphatic hydroxyl groups excluding tert-OH is 1. The van der Waals surface area contributed by atoms with Gasteiger partial charge >= 0.3 is 0 Å². The Morgan fingerprint density at radius 1 is 1.22 bits per heavy atom. The summed E-state index contributed by atoms with van der Waals surface area (Å²) in [5, 5.41) is 8.83. The topological polar surface area (TPSA) is 32.7 Å². The van der Waals surface area contributed by atoms with Gasteiger partial charge in [0.05, 0.1) is 6.61 Å². The van der Waals surface area contributed by atoms with E-state index in [0.717, 1.165) is 34.6 Å². The van der Waals surface area contributed by atoms with Crippen LogP contribution in [0.2, 0.25) is 0 Å². The van der Waals surface area contributed by atoms with Crippen molar-refractivity contribution < 1.29 is 14.2 Å². The number of benzene rings is 2. The van der Waals surface area contributed by atoms with Crippen LogP contribution in [0.3, 0.4) is 0 Å². The van der Waals surface area contributed by atoms with Crippen LogP contribution in [-0.2, 0) is 6.54 Å². The quantitative estimate of drug-likeness (QED) is 0.859. The number of ether oxygens (including phenoxy) is 1. The lowest BCUT2D eigenvalue weighted by Crippen LogP contribution is -2.17. The Morgan fingerprint density at radius 2 is 2.09 bits per heavy atom. The summed E-state index contributed by atoms with van der Waals surface area (Å²) in [6, 6.07) is 12.6. The molecule has 0 aliphatic carbocycles. The van der Waals surface area contributed by atoms with E-state index in [2.05, 4.69) is 4.90 Å². The summed E-state index contributed by atoms with van der Waals surface area (Å²) in [7, 11) is 2.00. The van der Waals surface area contributed by atoms with Gasteiger partial charge in [0.15, 0.2) is 0 Å². The van der Waals surface area contributed by atoms with E-state index in [1.807, 2.05) is 37.5 Å². The number of hydrogen-bond acceptors (Lipinski definition) is 3. The predicted molar refractivity (Wildman–Crippen MR) is 88.6 cm³/mol. The average Bonchev–Trinajstić information content (AvgIpc) is 2.54. The largest absolute Gasteiger partial charge is 0.493 e. The summed E-state index contributed by atoms with van der Waals surface area (Å²) in [5.74, 6) is 0.563. The summed E-state index contributed by atoms with van der Waals surface area (Å²) >= 11 is 0. The summed E-state index contributed by atoms with van der Waals surface area (Å²) < 4.78 is 19.2. The first kappa shape index (κ1) is 15.6. The Labute approximate surface area is 135 Å². The molecule has 23 heavy (non-hydrogen) atoms. The first-order chi connectivity index (χ1) is 11.2. The van der Waals surface area contributed by atoms with Crippen molar-refractivity contribution in [1.29, 1.82) is 0 Å². The lowest BCUT2D eigenvalue weighted by molar-refractivity contribution is 0.233. The highest BCUT2D eigenvalue weighted by molar-refractivity contribution is 5.82. The molecule has 0 saturated heterocycles. The van der Waals surface area contributed by atoms with Crippen LogP contribution in [0.15, 0.2) is 48.7 Å². The van der Waals surface area contributed by atoms with Crippen molar-refractivity contribution in [3.63, 3.8) is 0 Å². The number of halogens is 1. The summed E-state index contributed by atoms with van der Waals surface area (Å²) in [6.45, 7) is 1.41. The van der Waals surface area contributed by atoms with Gasteiger partial charge in [-0.1, -0.05) is 18.2 Å². The smallest absolute Gasteiger partial charge is 0.123 e. The van der Waals surface area contributed by atoms with E-state index in [9.17, 15) is 4.39 Å². The molecule has 0 bridgehead atoms. The molecule has 3 rings (SSSR count). The first-order valence-electron chi connectivity index (χ1n) is 7.72. The lowest BCUT2D eigenvalue weighted by atomic mass is 9.91. The van der Waals surface area contributed by atoms with Crippen molar-refractivity contribution in [3.05, 3.63) is 71.2 Å².